The molecule has 3 heterocycles. The molecule has 2 saturated heterocycles. The van der Waals surface area contributed by atoms with Crippen LogP contribution in [0.5, 0.6) is 0 Å². The van der Waals surface area contributed by atoms with Gasteiger partial charge in [0, 0.05) is 32.4 Å². The lowest BCUT2D eigenvalue weighted by Crippen LogP contribution is -2.50. The number of rotatable bonds is 13. The molecule has 0 radical (unpaired) electrons. The second-order valence-electron chi connectivity index (χ2n) is 11.1. The lowest BCUT2D eigenvalue weighted by molar-refractivity contribution is -0.125. The summed E-state index contributed by atoms with van der Waals surface area (Å²) in [6, 6.07) is 5.28. The van der Waals surface area contributed by atoms with Gasteiger partial charge in [-0.25, -0.2) is 12.7 Å². The van der Waals surface area contributed by atoms with Crippen molar-refractivity contribution >= 4 is 39.3 Å². The van der Waals surface area contributed by atoms with Crippen LogP contribution in [-0.2, 0) is 30.8 Å². The molecule has 9 nitrogen and oxygen atoms in total. The number of amides is 3. The molecule has 3 amide bonds. The van der Waals surface area contributed by atoms with Crippen molar-refractivity contribution < 1.29 is 22.8 Å². The third-order valence-electron chi connectivity index (χ3n) is 8.25. The number of benzene rings is 1. The van der Waals surface area contributed by atoms with Crippen molar-refractivity contribution in [3.05, 3.63) is 29.3 Å². The normalized spacial score (nSPS) is 19.7. The molecule has 1 aromatic rings. The van der Waals surface area contributed by atoms with Gasteiger partial charge in [0.1, 0.15) is 11.4 Å². The van der Waals surface area contributed by atoms with E-state index in [0.717, 1.165) is 36.2 Å². The molecule has 4 rings (SSSR count). The molecule has 214 valence electrons. The average molecular weight is 559 g/mol. The molecule has 10 heteroatoms. The molecular formula is C29H42N4O5S. The van der Waals surface area contributed by atoms with Gasteiger partial charge in [-0.1, -0.05) is 51.5 Å². The van der Waals surface area contributed by atoms with Gasteiger partial charge in [0.15, 0.2) is 0 Å². The summed E-state index contributed by atoms with van der Waals surface area (Å²) in [5, 5.41) is 2.96. The van der Waals surface area contributed by atoms with Crippen molar-refractivity contribution in [1.29, 1.82) is 0 Å². The van der Waals surface area contributed by atoms with Crippen LogP contribution in [0.4, 0.5) is 5.69 Å². The number of piperidine rings is 1. The van der Waals surface area contributed by atoms with Crippen LogP contribution >= 0.6 is 0 Å². The zero-order valence-electron chi connectivity index (χ0n) is 23.3. The predicted octanol–water partition coefficient (Wildman–Crippen LogP) is 4.02. The van der Waals surface area contributed by atoms with Crippen molar-refractivity contribution in [3.63, 3.8) is 0 Å². The Morgan fingerprint density at radius 2 is 1.56 bits per heavy atom. The summed E-state index contributed by atoms with van der Waals surface area (Å²) in [5.74, 6) is 0.204. The van der Waals surface area contributed by atoms with E-state index in [-0.39, 0.29) is 49.4 Å². The molecular weight excluding hydrogens is 516 g/mol. The summed E-state index contributed by atoms with van der Waals surface area (Å²) < 4.78 is 27.8. The van der Waals surface area contributed by atoms with E-state index in [2.05, 4.69) is 12.2 Å². The first-order chi connectivity index (χ1) is 18.6. The zero-order chi connectivity index (χ0) is 28.0. The number of aliphatic imine (C=N–C) groups is 1. The third kappa shape index (κ3) is 6.95. The molecule has 1 aromatic carbocycles. The monoisotopic (exact) mass is 558 g/mol. The number of sulfonamides is 1. The number of aryl methyl sites for hydroxylation is 2. The Kier molecular flexibility index (Phi) is 9.59. The highest BCUT2D eigenvalue weighted by Crippen LogP contribution is 2.32. The minimum Gasteiger partial charge on any atom is -0.312 e. The molecule has 2 fully saturated rings. The standard InChI is InChI=1S/C29H42N4O5S/c1-3-4-5-6-7-8-9-10-25-30-28(36)29(31-25)16-18-32(19-17-29)39(37,38)20-15-23-11-12-24(21-22(23)2)33-26(34)13-14-27(33)35/h11-12,21H,3-10,13-20H2,1-2H3,(H,30,31,36). The van der Waals surface area contributed by atoms with E-state index in [9.17, 15) is 22.8 Å². The van der Waals surface area contributed by atoms with Gasteiger partial charge in [0.25, 0.3) is 5.91 Å². The fraction of sp³-hybridized carbons (Fsp3) is 0.655. The SMILES string of the molecule is CCCCCCCCCC1=NC2(CCN(S(=O)(=O)CCc3ccc(N4C(=O)CCC4=O)cc3C)CC2)C(=O)N1. The average Bonchev–Trinajstić information content (AvgIpc) is 3.40. The fourth-order valence-electron chi connectivity index (χ4n) is 5.76. The van der Waals surface area contributed by atoms with Crippen molar-refractivity contribution in [3.8, 4) is 0 Å². The van der Waals surface area contributed by atoms with Crippen LogP contribution < -0.4 is 10.2 Å². The lowest BCUT2D eigenvalue weighted by atomic mass is 9.89. The molecule has 0 atom stereocenters. The van der Waals surface area contributed by atoms with Gasteiger partial charge in [0.05, 0.1) is 11.4 Å². The van der Waals surface area contributed by atoms with Gasteiger partial charge >= 0.3 is 0 Å². The number of amidine groups is 1. The molecule has 3 aliphatic heterocycles. The molecule has 0 bridgehead atoms. The molecule has 3 aliphatic rings. The van der Waals surface area contributed by atoms with Crippen molar-refractivity contribution in [2.45, 2.75) is 103 Å². The van der Waals surface area contributed by atoms with Crippen LogP contribution in [0.3, 0.4) is 0 Å². The van der Waals surface area contributed by atoms with Crippen LogP contribution in [0.1, 0.15) is 95.1 Å². The Bertz CT molecular complexity index is 1200. The third-order valence-corrected chi connectivity index (χ3v) is 10.1. The van der Waals surface area contributed by atoms with Gasteiger partial charge in [0.2, 0.25) is 21.8 Å². The second-order valence-corrected chi connectivity index (χ2v) is 13.2. The van der Waals surface area contributed by atoms with E-state index < -0.39 is 15.6 Å². The molecule has 0 saturated carbocycles. The predicted molar refractivity (Wildman–Crippen MR) is 152 cm³/mol. The number of unbranched alkanes of at least 4 members (excludes halogenated alkanes) is 6. The summed E-state index contributed by atoms with van der Waals surface area (Å²) in [4.78, 5) is 42.8. The van der Waals surface area contributed by atoms with Crippen molar-refractivity contribution in [1.82, 2.24) is 9.62 Å². The van der Waals surface area contributed by atoms with E-state index in [1.165, 1.54) is 41.3 Å². The second kappa shape index (κ2) is 12.7. The number of carbonyl (C=O) groups excluding carboxylic acids is 3. The number of carbonyl (C=O) groups is 3. The summed E-state index contributed by atoms with van der Waals surface area (Å²) in [5.41, 5.74) is 1.41. The number of nitrogens with one attached hydrogen (secondary N) is 1. The van der Waals surface area contributed by atoms with Gasteiger partial charge in [-0.15, -0.1) is 0 Å². The van der Waals surface area contributed by atoms with Crippen LogP contribution in [0.25, 0.3) is 0 Å². The van der Waals surface area contributed by atoms with E-state index in [1.807, 2.05) is 6.92 Å². The maximum Gasteiger partial charge on any atom is 0.253 e. The Morgan fingerprint density at radius 1 is 0.923 bits per heavy atom. The first-order valence-electron chi connectivity index (χ1n) is 14.5. The van der Waals surface area contributed by atoms with Crippen LogP contribution in [0.15, 0.2) is 23.2 Å². The highest BCUT2D eigenvalue weighted by atomic mass is 32.2. The molecule has 0 aromatic heterocycles. The van der Waals surface area contributed by atoms with Gasteiger partial charge in [-0.2, -0.15) is 0 Å². The van der Waals surface area contributed by atoms with Gasteiger partial charge in [-0.05, 0) is 55.9 Å². The quantitative estimate of drug-likeness (QED) is 0.290. The van der Waals surface area contributed by atoms with Crippen molar-refractivity contribution in [2.75, 3.05) is 23.7 Å². The number of imide groups is 1. The number of anilines is 1. The Morgan fingerprint density at radius 3 is 2.21 bits per heavy atom. The Balaban J connectivity index is 1.27. The fourth-order valence-corrected chi connectivity index (χ4v) is 7.23. The maximum atomic E-state index is 13.1. The first-order valence-corrected chi connectivity index (χ1v) is 16.1. The lowest BCUT2D eigenvalue weighted by Gasteiger charge is -2.34. The zero-order valence-corrected chi connectivity index (χ0v) is 24.2. The van der Waals surface area contributed by atoms with E-state index >= 15 is 0 Å². The maximum absolute atomic E-state index is 13.1. The smallest absolute Gasteiger partial charge is 0.253 e. The minimum atomic E-state index is -3.51. The highest BCUT2D eigenvalue weighted by Gasteiger charge is 2.47. The largest absolute Gasteiger partial charge is 0.312 e. The van der Waals surface area contributed by atoms with E-state index in [1.54, 1.807) is 18.2 Å². The Labute approximate surface area is 232 Å². The van der Waals surface area contributed by atoms with Crippen molar-refractivity contribution in [2.24, 2.45) is 4.99 Å². The molecule has 1 N–H and O–H groups in total. The summed E-state index contributed by atoms with van der Waals surface area (Å²) in [6.45, 7) is 4.63. The van der Waals surface area contributed by atoms with Crippen LogP contribution in [-0.4, -0.2) is 60.7 Å². The van der Waals surface area contributed by atoms with Crippen LogP contribution in [0.2, 0.25) is 0 Å². The number of hydrogen-bond donors (Lipinski definition) is 1. The molecule has 0 unspecified atom stereocenters. The minimum absolute atomic E-state index is 0.0409. The number of hydrogen-bond acceptors (Lipinski definition) is 6. The topological polar surface area (TPSA) is 116 Å². The summed E-state index contributed by atoms with van der Waals surface area (Å²) >= 11 is 0. The van der Waals surface area contributed by atoms with Gasteiger partial charge in [-0.3, -0.25) is 24.3 Å². The first kappa shape index (κ1) is 29.4. The molecule has 39 heavy (non-hydrogen) atoms. The van der Waals surface area contributed by atoms with Crippen LogP contribution in [0, 0.1) is 6.92 Å². The molecule has 1 spiro atoms. The van der Waals surface area contributed by atoms with E-state index in [0.29, 0.717) is 24.9 Å². The van der Waals surface area contributed by atoms with Gasteiger partial charge < -0.3 is 5.32 Å². The highest BCUT2D eigenvalue weighted by molar-refractivity contribution is 7.89. The number of nitrogens with zero attached hydrogens (tertiary/aromatic N) is 3. The Hall–Kier alpha value is -2.59. The van der Waals surface area contributed by atoms with E-state index in [4.69, 9.17) is 4.99 Å². The molecule has 0 aliphatic carbocycles. The summed E-state index contributed by atoms with van der Waals surface area (Å²) in [7, 11) is -3.51. The summed E-state index contributed by atoms with van der Waals surface area (Å²) in [6.07, 6.45) is 10.8.